The van der Waals surface area contributed by atoms with Gasteiger partial charge < -0.3 is 25.4 Å². The summed E-state index contributed by atoms with van der Waals surface area (Å²) in [6, 6.07) is 18.3. The summed E-state index contributed by atoms with van der Waals surface area (Å²) in [6.45, 7) is 8.24. The number of rotatable bonds is 10. The Morgan fingerprint density at radius 2 is 1.82 bits per heavy atom. The van der Waals surface area contributed by atoms with Crippen LogP contribution in [-0.2, 0) is 29.1 Å². The highest BCUT2D eigenvalue weighted by atomic mass is 32.1. The molecule has 0 spiro atoms. The number of furan rings is 1. The van der Waals surface area contributed by atoms with Gasteiger partial charge in [-0.1, -0.05) is 51.1 Å². The fourth-order valence-electron chi connectivity index (χ4n) is 4.00. The van der Waals surface area contributed by atoms with Crippen molar-refractivity contribution < 1.29 is 23.1 Å². The summed E-state index contributed by atoms with van der Waals surface area (Å²) in [5, 5.41) is 0.920. The van der Waals surface area contributed by atoms with Gasteiger partial charge in [-0.05, 0) is 59.5 Å². The van der Waals surface area contributed by atoms with Gasteiger partial charge in [0.05, 0.1) is 25.3 Å². The molecule has 0 radical (unpaired) electrons. The molecule has 1 atom stereocenters. The van der Waals surface area contributed by atoms with Crippen molar-refractivity contribution in [3.8, 4) is 16.9 Å². The molecule has 4 aromatic rings. The smallest absolute Gasteiger partial charge is 0.310 e. The number of nitrogens with two attached hydrogens (primary N) is 2. The normalized spacial score (nSPS) is 12.0. The molecule has 1 heterocycles. The van der Waals surface area contributed by atoms with Crippen molar-refractivity contribution in [2.45, 2.75) is 58.1 Å². The van der Waals surface area contributed by atoms with Crippen LogP contribution in [0.2, 0.25) is 0 Å². The summed E-state index contributed by atoms with van der Waals surface area (Å²) in [5.41, 5.74) is 17.5. The number of ether oxygens (including phenoxy) is 2. The molecule has 0 bridgehead atoms. The first-order chi connectivity index (χ1) is 19.0. The van der Waals surface area contributed by atoms with E-state index in [2.05, 4.69) is 33.4 Å². The van der Waals surface area contributed by atoms with E-state index in [1.165, 1.54) is 0 Å². The van der Waals surface area contributed by atoms with Crippen LogP contribution in [0.25, 0.3) is 22.1 Å². The number of thiol groups is 1. The Kier molecular flexibility index (Phi) is 11.2. The predicted molar refractivity (Wildman–Crippen MR) is 162 cm³/mol. The van der Waals surface area contributed by atoms with Crippen molar-refractivity contribution in [2.75, 3.05) is 13.3 Å². The van der Waals surface area contributed by atoms with E-state index < -0.39 is 12.7 Å². The van der Waals surface area contributed by atoms with E-state index in [0.717, 1.165) is 38.8 Å². The lowest BCUT2D eigenvalue weighted by Gasteiger charge is -2.14. The molecule has 0 aliphatic carbocycles. The lowest BCUT2D eigenvalue weighted by atomic mass is 9.97. The molecule has 1 unspecified atom stereocenters. The molecular formula is C32H39FN2O4S. The summed E-state index contributed by atoms with van der Waals surface area (Å²) >= 11 is 4.12. The van der Waals surface area contributed by atoms with Crippen molar-refractivity contribution in [3.05, 3.63) is 89.2 Å². The van der Waals surface area contributed by atoms with Crippen molar-refractivity contribution in [1.29, 1.82) is 0 Å². The lowest BCUT2D eigenvalue weighted by Crippen LogP contribution is -2.11. The van der Waals surface area contributed by atoms with Gasteiger partial charge in [-0.15, -0.1) is 0 Å². The van der Waals surface area contributed by atoms with Gasteiger partial charge in [0.15, 0.2) is 0 Å². The van der Waals surface area contributed by atoms with Crippen LogP contribution in [0.5, 0.6) is 5.75 Å². The second-order valence-electron chi connectivity index (χ2n) is 10.5. The number of carbonyl (C=O) groups excluding carboxylic acids is 1. The third-order valence-electron chi connectivity index (χ3n) is 5.80. The molecular weight excluding hydrogens is 527 g/mol. The Morgan fingerprint density at radius 3 is 2.50 bits per heavy atom. The second kappa shape index (κ2) is 14.3. The van der Waals surface area contributed by atoms with Crippen LogP contribution in [0.15, 0.2) is 71.3 Å². The number of alkyl halides is 1. The maximum Gasteiger partial charge on any atom is 0.310 e. The molecule has 214 valence electrons. The van der Waals surface area contributed by atoms with Crippen molar-refractivity contribution in [3.63, 3.8) is 0 Å². The van der Waals surface area contributed by atoms with Gasteiger partial charge in [0.2, 0.25) is 0 Å². The van der Waals surface area contributed by atoms with Crippen LogP contribution in [0, 0.1) is 0 Å². The fraction of sp³-hybridized carbons (Fsp3) is 0.344. The van der Waals surface area contributed by atoms with Gasteiger partial charge in [-0.2, -0.15) is 12.6 Å². The van der Waals surface area contributed by atoms with Gasteiger partial charge in [-0.3, -0.25) is 4.79 Å². The molecule has 6 nitrogen and oxygen atoms in total. The minimum atomic E-state index is -0.679. The highest BCUT2D eigenvalue weighted by molar-refractivity contribution is 7.81. The van der Waals surface area contributed by atoms with E-state index in [-0.39, 0.29) is 23.7 Å². The topological polar surface area (TPSA) is 101 Å². The number of halogens is 1. The average molecular weight is 567 g/mol. The number of esters is 1. The van der Waals surface area contributed by atoms with E-state index in [1.54, 1.807) is 13.2 Å². The van der Waals surface area contributed by atoms with E-state index in [1.807, 2.05) is 60.7 Å². The Morgan fingerprint density at radius 1 is 1.07 bits per heavy atom. The van der Waals surface area contributed by atoms with Crippen molar-refractivity contribution >= 4 is 29.6 Å². The number of fused-ring (bicyclic) bond motifs is 1. The molecule has 8 heteroatoms. The first-order valence-electron chi connectivity index (χ1n) is 13.3. The van der Waals surface area contributed by atoms with Crippen LogP contribution in [0.4, 0.5) is 4.39 Å². The first-order valence-corrected chi connectivity index (χ1v) is 13.7. The third kappa shape index (κ3) is 9.11. The fourth-order valence-corrected chi connectivity index (χ4v) is 4.00. The van der Waals surface area contributed by atoms with Gasteiger partial charge in [-0.25, -0.2) is 4.39 Å². The van der Waals surface area contributed by atoms with E-state index >= 15 is 0 Å². The van der Waals surface area contributed by atoms with Crippen LogP contribution < -0.4 is 16.2 Å². The molecule has 0 aliphatic rings. The SMILES string of the molecule is CC(C)(C)S.CCOC(=O)Cc1ccc(CN)cc1OCc1cc(-c2cccc(C(N)CF)c2)c2occc2c1. The number of hydrogen-bond acceptors (Lipinski definition) is 7. The summed E-state index contributed by atoms with van der Waals surface area (Å²) in [4.78, 5) is 12.1. The highest BCUT2D eigenvalue weighted by Gasteiger charge is 2.15. The van der Waals surface area contributed by atoms with E-state index in [4.69, 9.17) is 25.4 Å². The number of hydrogen-bond donors (Lipinski definition) is 3. The molecule has 3 aromatic carbocycles. The summed E-state index contributed by atoms with van der Waals surface area (Å²) in [6.07, 6.45) is 1.75. The highest BCUT2D eigenvalue weighted by Crippen LogP contribution is 2.33. The second-order valence-corrected chi connectivity index (χ2v) is 11.8. The monoisotopic (exact) mass is 566 g/mol. The van der Waals surface area contributed by atoms with Crippen LogP contribution in [0.1, 0.15) is 56.0 Å². The Hall–Kier alpha value is -3.33. The predicted octanol–water partition coefficient (Wildman–Crippen LogP) is 6.93. The summed E-state index contributed by atoms with van der Waals surface area (Å²) in [5.74, 6) is 0.275. The summed E-state index contributed by atoms with van der Waals surface area (Å²) in [7, 11) is 0. The molecule has 40 heavy (non-hydrogen) atoms. The molecule has 1 aromatic heterocycles. The summed E-state index contributed by atoms with van der Waals surface area (Å²) < 4.78 is 30.4. The average Bonchev–Trinajstić information content (AvgIpc) is 3.39. The maximum atomic E-state index is 13.1. The van der Waals surface area contributed by atoms with E-state index in [0.29, 0.717) is 24.5 Å². The zero-order valence-electron chi connectivity index (χ0n) is 23.6. The van der Waals surface area contributed by atoms with Crippen LogP contribution in [0.3, 0.4) is 0 Å². The van der Waals surface area contributed by atoms with Gasteiger partial charge in [0.25, 0.3) is 0 Å². The largest absolute Gasteiger partial charge is 0.489 e. The van der Waals surface area contributed by atoms with Gasteiger partial charge in [0.1, 0.15) is 24.6 Å². The van der Waals surface area contributed by atoms with Crippen LogP contribution in [-0.4, -0.2) is 24.0 Å². The minimum Gasteiger partial charge on any atom is -0.489 e. The molecule has 0 aliphatic heterocycles. The molecule has 0 amide bonds. The van der Waals surface area contributed by atoms with Gasteiger partial charge in [0, 0.05) is 27.8 Å². The zero-order valence-corrected chi connectivity index (χ0v) is 24.5. The molecule has 0 saturated carbocycles. The molecule has 0 saturated heterocycles. The molecule has 4 rings (SSSR count). The lowest BCUT2D eigenvalue weighted by molar-refractivity contribution is -0.142. The minimum absolute atomic E-state index is 0.113. The van der Waals surface area contributed by atoms with E-state index in [9.17, 15) is 9.18 Å². The molecule has 0 fully saturated rings. The van der Waals surface area contributed by atoms with Crippen molar-refractivity contribution in [1.82, 2.24) is 0 Å². The zero-order chi connectivity index (χ0) is 29.3. The number of carbonyl (C=O) groups is 1. The first kappa shape index (κ1) is 31.2. The quantitative estimate of drug-likeness (QED) is 0.142. The standard InChI is InChI=1S/C28H29FN2O4.C4H10S/c1-2-33-27(32)14-22-7-6-18(16-30)12-26(22)35-17-19-10-23-8-9-34-28(23)24(11-19)20-4-3-5-21(13-20)25(31)15-29;1-4(2,3)5/h3-13,25H,2,14-17,30-31H2,1H3;5H,1-3H3. The maximum absolute atomic E-state index is 13.1. The number of benzene rings is 3. The molecule has 4 N–H and O–H groups in total. The Balaban J connectivity index is 0.000000810. The third-order valence-corrected chi connectivity index (χ3v) is 5.80. The van der Waals surface area contributed by atoms with Gasteiger partial charge >= 0.3 is 5.97 Å². The Bertz CT molecular complexity index is 1410. The van der Waals surface area contributed by atoms with Crippen molar-refractivity contribution in [2.24, 2.45) is 11.5 Å². The Labute approximate surface area is 241 Å². The van der Waals surface area contributed by atoms with Crippen LogP contribution >= 0.6 is 12.6 Å².